The average molecular weight is 478 g/mol. The number of carbonyl (C=O) groups is 2. The number of hydrogen-bond donors (Lipinski definition) is 2. The van der Waals surface area contributed by atoms with Crippen LogP contribution in [0.5, 0.6) is 0 Å². The zero-order chi connectivity index (χ0) is 25.1. The average Bonchev–Trinajstić information content (AvgIpc) is 3.50. The molecule has 0 radical (unpaired) electrons. The second-order valence-corrected chi connectivity index (χ2v) is 8.83. The molecule has 11 nitrogen and oxygen atoms in total. The lowest BCUT2D eigenvalue weighted by Crippen LogP contribution is -2.30. The van der Waals surface area contributed by atoms with Gasteiger partial charge in [-0.2, -0.15) is 0 Å². The molecule has 3 aromatic rings. The van der Waals surface area contributed by atoms with Crippen molar-refractivity contribution in [2.24, 2.45) is 0 Å². The van der Waals surface area contributed by atoms with Crippen molar-refractivity contribution in [2.45, 2.75) is 38.8 Å². The van der Waals surface area contributed by atoms with E-state index in [9.17, 15) is 9.59 Å². The molecule has 35 heavy (non-hydrogen) atoms. The standard InChI is InChI=1S/C24H31N9O2/c1-15-8-7-11-32(15)24-26-12-17(13-27-24)18-9-6-10-19(29-18)30-22(34)16(2)33-14-28-21(31(4)5)20(33)23(35)25-3/h6,9-10,12-16H,7-8,11H2,1-5H3,(H,25,35)(H,29,30,34)/t15-,16+/m1/s1. The number of hydrogen-bond acceptors (Lipinski definition) is 8. The van der Waals surface area contributed by atoms with Crippen LogP contribution in [0.2, 0.25) is 0 Å². The number of amides is 2. The lowest BCUT2D eigenvalue weighted by Gasteiger charge is -2.21. The first-order valence-corrected chi connectivity index (χ1v) is 11.6. The van der Waals surface area contributed by atoms with E-state index in [0.717, 1.165) is 30.9 Å². The van der Waals surface area contributed by atoms with Crippen molar-refractivity contribution < 1.29 is 9.59 Å². The number of nitrogens with zero attached hydrogens (tertiary/aromatic N) is 7. The van der Waals surface area contributed by atoms with Crippen LogP contribution in [-0.2, 0) is 4.79 Å². The van der Waals surface area contributed by atoms with Gasteiger partial charge >= 0.3 is 0 Å². The maximum absolute atomic E-state index is 13.1. The second-order valence-electron chi connectivity index (χ2n) is 8.83. The van der Waals surface area contributed by atoms with Gasteiger partial charge in [0.1, 0.15) is 11.9 Å². The van der Waals surface area contributed by atoms with Gasteiger partial charge in [-0.15, -0.1) is 0 Å². The van der Waals surface area contributed by atoms with Gasteiger partial charge in [0, 0.05) is 51.7 Å². The summed E-state index contributed by atoms with van der Waals surface area (Å²) in [7, 11) is 5.13. The Morgan fingerprint density at radius 2 is 1.91 bits per heavy atom. The normalized spacial score (nSPS) is 16.1. The molecule has 0 saturated carbocycles. The van der Waals surface area contributed by atoms with Crippen LogP contribution in [0.4, 0.5) is 17.6 Å². The van der Waals surface area contributed by atoms with Crippen molar-refractivity contribution in [3.8, 4) is 11.3 Å². The smallest absolute Gasteiger partial charge is 0.271 e. The molecule has 4 rings (SSSR count). The van der Waals surface area contributed by atoms with E-state index in [0.29, 0.717) is 29.1 Å². The number of anilines is 3. The third-order valence-corrected chi connectivity index (χ3v) is 6.18. The molecule has 1 aliphatic heterocycles. The highest BCUT2D eigenvalue weighted by molar-refractivity contribution is 5.99. The Kier molecular flexibility index (Phi) is 6.94. The molecule has 11 heteroatoms. The molecule has 0 spiro atoms. The Morgan fingerprint density at radius 1 is 1.17 bits per heavy atom. The summed E-state index contributed by atoms with van der Waals surface area (Å²) in [6.07, 6.45) is 7.30. The lowest BCUT2D eigenvalue weighted by atomic mass is 10.2. The largest absolute Gasteiger partial charge is 0.361 e. The fraction of sp³-hybridized carbons (Fsp3) is 0.417. The van der Waals surface area contributed by atoms with Crippen LogP contribution in [0, 0.1) is 0 Å². The molecule has 2 amide bonds. The fourth-order valence-electron chi connectivity index (χ4n) is 4.16. The summed E-state index contributed by atoms with van der Waals surface area (Å²) < 4.78 is 1.55. The molecule has 4 heterocycles. The van der Waals surface area contributed by atoms with Gasteiger partial charge in [0.15, 0.2) is 11.5 Å². The van der Waals surface area contributed by atoms with Crippen molar-refractivity contribution in [1.82, 2.24) is 29.8 Å². The number of carbonyl (C=O) groups excluding carboxylic acids is 2. The van der Waals surface area contributed by atoms with Gasteiger partial charge < -0.3 is 25.0 Å². The topological polar surface area (TPSA) is 121 Å². The predicted molar refractivity (Wildman–Crippen MR) is 135 cm³/mol. The molecule has 0 bridgehead atoms. The molecule has 3 aromatic heterocycles. The molecular formula is C24H31N9O2. The van der Waals surface area contributed by atoms with E-state index < -0.39 is 6.04 Å². The third kappa shape index (κ3) is 4.93. The van der Waals surface area contributed by atoms with E-state index in [1.54, 1.807) is 56.0 Å². The number of nitrogens with one attached hydrogen (secondary N) is 2. The van der Waals surface area contributed by atoms with E-state index in [1.807, 2.05) is 12.1 Å². The van der Waals surface area contributed by atoms with Crippen LogP contribution >= 0.6 is 0 Å². The first-order chi connectivity index (χ1) is 16.8. The van der Waals surface area contributed by atoms with Gasteiger partial charge in [-0.3, -0.25) is 9.59 Å². The minimum absolute atomic E-state index is 0.311. The molecule has 1 saturated heterocycles. The Balaban J connectivity index is 1.51. The molecule has 184 valence electrons. The first-order valence-electron chi connectivity index (χ1n) is 11.6. The van der Waals surface area contributed by atoms with Crippen molar-refractivity contribution in [3.05, 3.63) is 42.6 Å². The quantitative estimate of drug-likeness (QED) is 0.532. The number of rotatable bonds is 7. The van der Waals surface area contributed by atoms with E-state index in [2.05, 4.69) is 42.4 Å². The minimum Gasteiger partial charge on any atom is -0.361 e. The van der Waals surface area contributed by atoms with Gasteiger partial charge in [-0.05, 0) is 38.8 Å². The van der Waals surface area contributed by atoms with Crippen molar-refractivity contribution in [2.75, 3.05) is 42.8 Å². The summed E-state index contributed by atoms with van der Waals surface area (Å²) in [6, 6.07) is 5.12. The predicted octanol–water partition coefficient (Wildman–Crippen LogP) is 2.35. The Morgan fingerprint density at radius 3 is 2.54 bits per heavy atom. The zero-order valence-electron chi connectivity index (χ0n) is 20.7. The Labute approximate surface area is 204 Å². The maximum atomic E-state index is 13.1. The summed E-state index contributed by atoms with van der Waals surface area (Å²) in [5.74, 6) is 0.957. The van der Waals surface area contributed by atoms with Crippen molar-refractivity contribution in [3.63, 3.8) is 0 Å². The SMILES string of the molecule is CNC(=O)c1c(N(C)C)ncn1[C@@H](C)C(=O)Nc1cccc(-c2cnc(N3CCC[C@H]3C)nc2)n1. The highest BCUT2D eigenvalue weighted by atomic mass is 16.2. The highest BCUT2D eigenvalue weighted by Gasteiger charge is 2.26. The van der Waals surface area contributed by atoms with E-state index in [1.165, 1.54) is 6.33 Å². The molecule has 0 aromatic carbocycles. The van der Waals surface area contributed by atoms with E-state index in [4.69, 9.17) is 0 Å². The first kappa shape index (κ1) is 24.1. The van der Waals surface area contributed by atoms with Crippen molar-refractivity contribution >= 4 is 29.4 Å². The van der Waals surface area contributed by atoms with Gasteiger partial charge in [-0.25, -0.2) is 19.9 Å². The van der Waals surface area contributed by atoms with Gasteiger partial charge in [0.05, 0.1) is 12.0 Å². The summed E-state index contributed by atoms with van der Waals surface area (Å²) in [4.78, 5) is 47.4. The number of pyridine rings is 1. The van der Waals surface area contributed by atoms with Gasteiger partial charge in [0.25, 0.3) is 5.91 Å². The molecule has 1 fully saturated rings. The summed E-state index contributed by atoms with van der Waals surface area (Å²) >= 11 is 0. The summed E-state index contributed by atoms with van der Waals surface area (Å²) in [5, 5.41) is 5.45. The monoisotopic (exact) mass is 477 g/mol. The van der Waals surface area contributed by atoms with E-state index in [-0.39, 0.29) is 11.8 Å². The lowest BCUT2D eigenvalue weighted by molar-refractivity contribution is -0.118. The molecule has 0 unspecified atom stereocenters. The number of aromatic nitrogens is 5. The van der Waals surface area contributed by atoms with Crippen LogP contribution in [-0.4, -0.2) is 70.0 Å². The van der Waals surface area contributed by atoms with Crippen LogP contribution in [0.3, 0.4) is 0 Å². The molecule has 2 N–H and O–H groups in total. The minimum atomic E-state index is -0.695. The summed E-state index contributed by atoms with van der Waals surface area (Å²) in [5.41, 5.74) is 1.73. The van der Waals surface area contributed by atoms with Gasteiger partial charge in [-0.1, -0.05) is 6.07 Å². The molecular weight excluding hydrogens is 446 g/mol. The van der Waals surface area contributed by atoms with Crippen LogP contribution in [0.1, 0.15) is 43.2 Å². The molecule has 2 atom stereocenters. The Bertz CT molecular complexity index is 1210. The molecule has 1 aliphatic rings. The Hall–Kier alpha value is -4.02. The van der Waals surface area contributed by atoms with Gasteiger partial charge in [0.2, 0.25) is 11.9 Å². The van der Waals surface area contributed by atoms with Crippen LogP contribution in [0.15, 0.2) is 36.9 Å². The maximum Gasteiger partial charge on any atom is 0.271 e. The van der Waals surface area contributed by atoms with E-state index >= 15 is 0 Å². The van der Waals surface area contributed by atoms with Crippen LogP contribution in [0.25, 0.3) is 11.3 Å². The summed E-state index contributed by atoms with van der Waals surface area (Å²) in [6.45, 7) is 4.85. The third-order valence-electron chi connectivity index (χ3n) is 6.18. The zero-order valence-corrected chi connectivity index (χ0v) is 20.7. The second kappa shape index (κ2) is 10.1. The molecule has 0 aliphatic carbocycles. The highest BCUT2D eigenvalue weighted by Crippen LogP contribution is 2.25. The number of imidazole rings is 1. The fourth-order valence-corrected chi connectivity index (χ4v) is 4.16. The van der Waals surface area contributed by atoms with Crippen molar-refractivity contribution in [1.29, 1.82) is 0 Å². The van der Waals surface area contributed by atoms with Crippen LogP contribution < -0.4 is 20.4 Å².